The summed E-state index contributed by atoms with van der Waals surface area (Å²) in [6.07, 6.45) is 4.51. The van der Waals surface area contributed by atoms with Crippen molar-refractivity contribution in [2.24, 2.45) is 5.92 Å². The highest BCUT2D eigenvalue weighted by molar-refractivity contribution is 5.82. The molecule has 2 heteroatoms. The fourth-order valence-corrected chi connectivity index (χ4v) is 1.36. The summed E-state index contributed by atoms with van der Waals surface area (Å²) in [6.45, 7) is 4.68. The maximum Gasteiger partial charge on any atom is 0.138 e. The van der Waals surface area contributed by atoms with E-state index >= 15 is 0 Å². The first kappa shape index (κ1) is 8.47. The van der Waals surface area contributed by atoms with Gasteiger partial charge in [0.25, 0.3) is 0 Å². The van der Waals surface area contributed by atoms with E-state index < -0.39 is 0 Å². The number of hydrogen-bond acceptors (Lipinski definition) is 2. The van der Waals surface area contributed by atoms with Crippen molar-refractivity contribution in [2.45, 2.75) is 19.3 Å². The average Bonchev–Trinajstić information content (AvgIpc) is 2.37. The summed E-state index contributed by atoms with van der Waals surface area (Å²) in [5.41, 5.74) is 0. The first-order chi connectivity index (χ1) is 5.34. The van der Waals surface area contributed by atoms with E-state index in [2.05, 4.69) is 6.58 Å². The normalized spacial score (nSPS) is 24.0. The Hall–Kier alpha value is -0.630. The number of ether oxygens (including phenoxy) is 1. The Morgan fingerprint density at radius 3 is 3.09 bits per heavy atom. The van der Waals surface area contributed by atoms with Crippen LogP contribution in [0.5, 0.6) is 0 Å². The fourth-order valence-electron chi connectivity index (χ4n) is 1.36. The van der Waals surface area contributed by atoms with Crippen molar-refractivity contribution in [3.8, 4) is 0 Å². The van der Waals surface area contributed by atoms with Crippen molar-refractivity contribution in [1.29, 1.82) is 0 Å². The first-order valence-corrected chi connectivity index (χ1v) is 4.06. The molecule has 0 bridgehead atoms. The zero-order valence-electron chi connectivity index (χ0n) is 6.71. The SMILES string of the molecule is C=CCOC[C@@H]1CCCC1=O. The highest BCUT2D eigenvalue weighted by Crippen LogP contribution is 2.21. The zero-order valence-corrected chi connectivity index (χ0v) is 6.71. The molecule has 2 nitrogen and oxygen atoms in total. The van der Waals surface area contributed by atoms with Crippen LogP contribution >= 0.6 is 0 Å². The van der Waals surface area contributed by atoms with E-state index in [0.717, 1.165) is 19.3 Å². The van der Waals surface area contributed by atoms with E-state index in [1.54, 1.807) is 6.08 Å². The van der Waals surface area contributed by atoms with E-state index in [1.165, 1.54) is 0 Å². The first-order valence-electron chi connectivity index (χ1n) is 4.06. The monoisotopic (exact) mass is 154 g/mol. The Morgan fingerprint density at radius 1 is 1.73 bits per heavy atom. The maximum atomic E-state index is 11.1. The molecule has 0 heterocycles. The summed E-state index contributed by atoms with van der Waals surface area (Å²) in [6, 6.07) is 0. The Kier molecular flexibility index (Phi) is 3.30. The van der Waals surface area contributed by atoms with Crippen LogP contribution in [-0.2, 0) is 9.53 Å². The van der Waals surface area contributed by atoms with Gasteiger partial charge in [0.1, 0.15) is 5.78 Å². The fraction of sp³-hybridized carbons (Fsp3) is 0.667. The third-order valence-corrected chi connectivity index (χ3v) is 1.99. The zero-order chi connectivity index (χ0) is 8.10. The Morgan fingerprint density at radius 2 is 2.55 bits per heavy atom. The topological polar surface area (TPSA) is 26.3 Å². The van der Waals surface area contributed by atoms with Gasteiger partial charge in [-0.3, -0.25) is 4.79 Å². The quantitative estimate of drug-likeness (QED) is 0.453. The van der Waals surface area contributed by atoms with Gasteiger partial charge in [0.2, 0.25) is 0 Å². The van der Waals surface area contributed by atoms with Crippen molar-refractivity contribution in [1.82, 2.24) is 0 Å². The molecular weight excluding hydrogens is 140 g/mol. The molecule has 0 spiro atoms. The molecule has 0 saturated heterocycles. The molecule has 0 amide bonds. The van der Waals surface area contributed by atoms with Gasteiger partial charge in [-0.1, -0.05) is 6.08 Å². The molecule has 0 aromatic rings. The van der Waals surface area contributed by atoms with Gasteiger partial charge in [-0.25, -0.2) is 0 Å². The minimum absolute atomic E-state index is 0.176. The van der Waals surface area contributed by atoms with Crippen molar-refractivity contribution in [3.63, 3.8) is 0 Å². The van der Waals surface area contributed by atoms with Crippen molar-refractivity contribution < 1.29 is 9.53 Å². The molecule has 0 unspecified atom stereocenters. The summed E-state index contributed by atoms with van der Waals surface area (Å²) < 4.78 is 5.20. The molecule has 0 aromatic heterocycles. The smallest absolute Gasteiger partial charge is 0.138 e. The number of ketones is 1. The maximum absolute atomic E-state index is 11.1. The standard InChI is InChI=1S/C9H14O2/c1-2-6-11-7-8-4-3-5-9(8)10/h2,8H,1,3-7H2/t8-/m0/s1. The van der Waals surface area contributed by atoms with Gasteiger partial charge in [0, 0.05) is 12.3 Å². The van der Waals surface area contributed by atoms with Crippen LogP contribution in [0.1, 0.15) is 19.3 Å². The highest BCUT2D eigenvalue weighted by atomic mass is 16.5. The van der Waals surface area contributed by atoms with E-state index in [1.807, 2.05) is 0 Å². The van der Waals surface area contributed by atoms with Crippen LogP contribution in [0.2, 0.25) is 0 Å². The number of Topliss-reactive ketones (excluding diaryl/α,β-unsaturated/α-hetero) is 1. The molecule has 62 valence electrons. The molecule has 0 aromatic carbocycles. The molecule has 1 aliphatic carbocycles. The minimum Gasteiger partial charge on any atom is -0.377 e. The van der Waals surface area contributed by atoms with Gasteiger partial charge in [-0.2, -0.15) is 0 Å². The van der Waals surface area contributed by atoms with Crippen LogP contribution in [0.4, 0.5) is 0 Å². The van der Waals surface area contributed by atoms with Crippen molar-refractivity contribution >= 4 is 5.78 Å². The summed E-state index contributed by atoms with van der Waals surface area (Å²) in [5, 5.41) is 0. The molecule has 1 saturated carbocycles. The second-order valence-corrected chi connectivity index (χ2v) is 2.88. The molecule has 1 fully saturated rings. The lowest BCUT2D eigenvalue weighted by molar-refractivity contribution is -0.122. The van der Waals surface area contributed by atoms with Gasteiger partial charge < -0.3 is 4.74 Å². The van der Waals surface area contributed by atoms with Crippen LogP contribution < -0.4 is 0 Å². The lowest BCUT2D eigenvalue weighted by atomic mass is 10.1. The summed E-state index contributed by atoms with van der Waals surface area (Å²) in [7, 11) is 0. The number of carbonyl (C=O) groups is 1. The van der Waals surface area contributed by atoms with Gasteiger partial charge in [-0.05, 0) is 12.8 Å². The summed E-state index contributed by atoms with van der Waals surface area (Å²) >= 11 is 0. The molecule has 0 radical (unpaired) electrons. The third kappa shape index (κ3) is 2.46. The van der Waals surface area contributed by atoms with E-state index in [-0.39, 0.29) is 5.92 Å². The van der Waals surface area contributed by atoms with Crippen molar-refractivity contribution in [2.75, 3.05) is 13.2 Å². The second-order valence-electron chi connectivity index (χ2n) is 2.88. The largest absolute Gasteiger partial charge is 0.377 e. The number of rotatable bonds is 4. The molecule has 1 rings (SSSR count). The highest BCUT2D eigenvalue weighted by Gasteiger charge is 2.23. The third-order valence-electron chi connectivity index (χ3n) is 1.99. The van der Waals surface area contributed by atoms with Gasteiger partial charge in [0.05, 0.1) is 13.2 Å². The van der Waals surface area contributed by atoms with Crippen LogP contribution in [0, 0.1) is 5.92 Å². The molecule has 1 aliphatic rings. The molecule has 1 atom stereocenters. The number of hydrogen-bond donors (Lipinski definition) is 0. The lowest BCUT2D eigenvalue weighted by Crippen LogP contribution is -2.13. The lowest BCUT2D eigenvalue weighted by Gasteiger charge is -2.06. The minimum atomic E-state index is 0.176. The number of carbonyl (C=O) groups excluding carboxylic acids is 1. The Labute approximate surface area is 67.2 Å². The van der Waals surface area contributed by atoms with Gasteiger partial charge >= 0.3 is 0 Å². The predicted molar refractivity (Wildman–Crippen MR) is 43.4 cm³/mol. The Balaban J connectivity index is 2.15. The van der Waals surface area contributed by atoms with Crippen LogP contribution in [0.3, 0.4) is 0 Å². The van der Waals surface area contributed by atoms with Gasteiger partial charge in [0.15, 0.2) is 0 Å². The summed E-state index contributed by atoms with van der Waals surface area (Å²) in [4.78, 5) is 11.1. The molecular formula is C9H14O2. The molecule has 0 aliphatic heterocycles. The van der Waals surface area contributed by atoms with Crippen LogP contribution in [0.15, 0.2) is 12.7 Å². The Bertz CT molecular complexity index is 152. The van der Waals surface area contributed by atoms with Crippen LogP contribution in [-0.4, -0.2) is 19.0 Å². The van der Waals surface area contributed by atoms with E-state index in [4.69, 9.17) is 4.74 Å². The average molecular weight is 154 g/mol. The van der Waals surface area contributed by atoms with Crippen molar-refractivity contribution in [3.05, 3.63) is 12.7 Å². The predicted octanol–water partition coefficient (Wildman–Crippen LogP) is 1.56. The molecule has 11 heavy (non-hydrogen) atoms. The van der Waals surface area contributed by atoms with E-state index in [0.29, 0.717) is 19.0 Å². The van der Waals surface area contributed by atoms with E-state index in [9.17, 15) is 4.79 Å². The molecule has 0 N–H and O–H groups in total. The summed E-state index contributed by atoms with van der Waals surface area (Å²) in [5.74, 6) is 0.545. The van der Waals surface area contributed by atoms with Crippen LogP contribution in [0.25, 0.3) is 0 Å². The van der Waals surface area contributed by atoms with Gasteiger partial charge in [-0.15, -0.1) is 6.58 Å². The second kappa shape index (κ2) is 4.29.